The van der Waals surface area contributed by atoms with Crippen LogP contribution in [0.3, 0.4) is 0 Å². The highest BCUT2D eigenvalue weighted by atomic mass is 28.4. The highest BCUT2D eigenvalue weighted by molar-refractivity contribution is 6.78. The van der Waals surface area contributed by atoms with Gasteiger partial charge in [0.25, 0.3) is 8.32 Å². The quantitative estimate of drug-likeness (QED) is 0.458. The normalized spacial score (nSPS) is 13.9. The molecule has 1 nitrogen and oxygen atoms in total. The van der Waals surface area contributed by atoms with Crippen molar-refractivity contribution in [2.24, 2.45) is 0 Å². The van der Waals surface area contributed by atoms with Crippen molar-refractivity contribution in [2.75, 3.05) is 0 Å². The number of hydrogen-bond acceptors (Lipinski definition) is 1. The van der Waals surface area contributed by atoms with E-state index in [0.29, 0.717) is 22.5 Å². The molecule has 2 aromatic carbocycles. The monoisotopic (exact) mass is 356 g/mol. The summed E-state index contributed by atoms with van der Waals surface area (Å²) < 4.78 is 6.83. The minimum absolute atomic E-state index is 0.593. The van der Waals surface area contributed by atoms with Crippen LogP contribution < -0.4 is 4.43 Å². The van der Waals surface area contributed by atoms with Crippen LogP contribution in [-0.4, -0.2) is 8.32 Å². The van der Waals surface area contributed by atoms with Gasteiger partial charge in [-0.2, -0.15) is 0 Å². The molecular formula is C23H36OSi. The summed E-state index contributed by atoms with van der Waals surface area (Å²) in [6, 6.07) is 13.5. The van der Waals surface area contributed by atoms with Crippen molar-refractivity contribution in [1.29, 1.82) is 0 Å². The van der Waals surface area contributed by atoms with E-state index in [0.717, 1.165) is 5.75 Å². The Labute approximate surface area is 155 Å². The first-order valence-electron chi connectivity index (χ1n) is 9.95. The van der Waals surface area contributed by atoms with Gasteiger partial charge in [0.1, 0.15) is 5.75 Å². The third-order valence-corrected chi connectivity index (χ3v) is 12.0. The fourth-order valence-electron chi connectivity index (χ4n) is 4.41. The van der Waals surface area contributed by atoms with Gasteiger partial charge in [-0.25, -0.2) is 0 Å². The van der Waals surface area contributed by atoms with Crippen molar-refractivity contribution in [1.82, 2.24) is 0 Å². The molecule has 25 heavy (non-hydrogen) atoms. The topological polar surface area (TPSA) is 9.23 Å². The second kappa shape index (κ2) is 7.95. The summed E-state index contributed by atoms with van der Waals surface area (Å²) in [4.78, 5) is 0. The molecule has 0 aliphatic heterocycles. The zero-order chi connectivity index (χ0) is 18.8. The van der Waals surface area contributed by atoms with E-state index in [-0.39, 0.29) is 0 Å². The highest BCUT2D eigenvalue weighted by Gasteiger charge is 2.46. The van der Waals surface area contributed by atoms with Crippen molar-refractivity contribution >= 4 is 19.1 Å². The van der Waals surface area contributed by atoms with Gasteiger partial charge in [0.2, 0.25) is 0 Å². The SMILES string of the molecule is CCC(C)c1ccc2cc(O[Si](C(C)C)(C(C)C)C(C)C)ccc2c1. The van der Waals surface area contributed by atoms with Crippen molar-refractivity contribution in [3.63, 3.8) is 0 Å². The molecule has 0 spiro atoms. The minimum atomic E-state index is -1.89. The maximum Gasteiger partial charge on any atom is 0.258 e. The summed E-state index contributed by atoms with van der Waals surface area (Å²) in [6.45, 7) is 18.6. The number of rotatable bonds is 7. The third-order valence-electron chi connectivity index (χ3n) is 6.02. The van der Waals surface area contributed by atoms with E-state index in [1.54, 1.807) is 0 Å². The van der Waals surface area contributed by atoms with Crippen LogP contribution >= 0.6 is 0 Å². The fourth-order valence-corrected chi connectivity index (χ4v) is 9.65. The zero-order valence-corrected chi connectivity index (χ0v) is 18.4. The van der Waals surface area contributed by atoms with E-state index >= 15 is 0 Å². The van der Waals surface area contributed by atoms with Crippen LogP contribution in [0.4, 0.5) is 0 Å². The summed E-state index contributed by atoms with van der Waals surface area (Å²) in [5.41, 5.74) is 3.21. The van der Waals surface area contributed by atoms with Gasteiger partial charge in [0.05, 0.1) is 0 Å². The molecule has 0 radical (unpaired) electrons. The molecule has 0 aliphatic rings. The Hall–Kier alpha value is -1.28. The van der Waals surface area contributed by atoms with Gasteiger partial charge in [-0.1, -0.05) is 79.7 Å². The Morgan fingerprint density at radius 1 is 0.760 bits per heavy atom. The number of benzene rings is 2. The number of hydrogen-bond donors (Lipinski definition) is 0. The Morgan fingerprint density at radius 3 is 1.80 bits per heavy atom. The average molecular weight is 357 g/mol. The fraction of sp³-hybridized carbons (Fsp3) is 0.565. The standard InChI is InChI=1S/C23H36OSi/c1-9-19(8)20-10-11-22-15-23(13-12-21(22)14-20)24-25(16(2)3,17(4)5)18(6)7/h10-19H,9H2,1-8H3. The summed E-state index contributed by atoms with van der Waals surface area (Å²) in [5.74, 6) is 1.66. The maximum atomic E-state index is 6.83. The lowest BCUT2D eigenvalue weighted by Gasteiger charge is -2.42. The molecule has 0 N–H and O–H groups in total. The second-order valence-electron chi connectivity index (χ2n) is 8.50. The van der Waals surface area contributed by atoms with Crippen molar-refractivity contribution in [2.45, 2.75) is 84.4 Å². The molecule has 0 heterocycles. The molecule has 0 amide bonds. The highest BCUT2D eigenvalue weighted by Crippen LogP contribution is 2.43. The molecule has 0 saturated heterocycles. The summed E-state index contributed by atoms with van der Waals surface area (Å²) in [6.07, 6.45) is 1.18. The zero-order valence-electron chi connectivity index (χ0n) is 17.4. The van der Waals surface area contributed by atoms with Crippen LogP contribution in [-0.2, 0) is 0 Å². The Morgan fingerprint density at radius 2 is 1.28 bits per heavy atom. The maximum absolute atomic E-state index is 6.83. The molecule has 0 fully saturated rings. The van der Waals surface area contributed by atoms with Gasteiger partial charge in [0.15, 0.2) is 0 Å². The van der Waals surface area contributed by atoms with E-state index in [2.05, 4.69) is 91.8 Å². The largest absolute Gasteiger partial charge is 0.543 e. The summed E-state index contributed by atoms with van der Waals surface area (Å²) in [7, 11) is -1.89. The van der Waals surface area contributed by atoms with Gasteiger partial charge in [0, 0.05) is 0 Å². The van der Waals surface area contributed by atoms with E-state index in [1.807, 2.05) is 0 Å². The first-order chi connectivity index (χ1) is 11.7. The van der Waals surface area contributed by atoms with E-state index in [4.69, 9.17) is 4.43 Å². The number of fused-ring (bicyclic) bond motifs is 1. The first kappa shape index (κ1) is 20.0. The smallest absolute Gasteiger partial charge is 0.258 e. The molecule has 0 aliphatic carbocycles. The molecule has 2 aromatic rings. The van der Waals surface area contributed by atoms with Crippen LogP contribution in [0.1, 0.15) is 73.3 Å². The second-order valence-corrected chi connectivity index (χ2v) is 13.9. The summed E-state index contributed by atoms with van der Waals surface area (Å²) in [5, 5.41) is 2.60. The van der Waals surface area contributed by atoms with Gasteiger partial charge >= 0.3 is 0 Å². The lowest BCUT2D eigenvalue weighted by atomic mass is 9.96. The lowest BCUT2D eigenvalue weighted by Crippen LogP contribution is -2.50. The van der Waals surface area contributed by atoms with Gasteiger partial charge < -0.3 is 4.43 Å². The summed E-state index contributed by atoms with van der Waals surface area (Å²) >= 11 is 0. The van der Waals surface area contributed by atoms with Gasteiger partial charge in [-0.05, 0) is 57.4 Å². The molecule has 2 heteroatoms. The molecular weight excluding hydrogens is 320 g/mol. The molecule has 0 saturated carbocycles. The van der Waals surface area contributed by atoms with Crippen molar-refractivity contribution < 1.29 is 4.43 Å². The third kappa shape index (κ3) is 3.94. The van der Waals surface area contributed by atoms with Crippen LogP contribution in [0, 0.1) is 0 Å². The minimum Gasteiger partial charge on any atom is -0.543 e. The Kier molecular flexibility index (Phi) is 6.37. The molecule has 0 aromatic heterocycles. The van der Waals surface area contributed by atoms with E-state index < -0.39 is 8.32 Å². The Bertz CT molecular complexity index is 681. The molecule has 2 rings (SSSR count). The predicted octanol–water partition coefficient (Wildman–Crippen LogP) is 7.91. The van der Waals surface area contributed by atoms with Crippen molar-refractivity contribution in [3.05, 3.63) is 42.0 Å². The van der Waals surface area contributed by atoms with Crippen LogP contribution in [0.15, 0.2) is 36.4 Å². The molecule has 138 valence electrons. The predicted molar refractivity (Wildman–Crippen MR) is 114 cm³/mol. The van der Waals surface area contributed by atoms with E-state index in [9.17, 15) is 0 Å². The van der Waals surface area contributed by atoms with Crippen LogP contribution in [0.5, 0.6) is 5.75 Å². The molecule has 0 bridgehead atoms. The van der Waals surface area contributed by atoms with Crippen LogP contribution in [0.2, 0.25) is 16.6 Å². The average Bonchev–Trinajstić information content (AvgIpc) is 2.57. The van der Waals surface area contributed by atoms with Crippen molar-refractivity contribution in [3.8, 4) is 5.75 Å². The molecule has 1 unspecified atom stereocenters. The van der Waals surface area contributed by atoms with Crippen LogP contribution in [0.25, 0.3) is 10.8 Å². The van der Waals surface area contributed by atoms with Gasteiger partial charge in [-0.3, -0.25) is 0 Å². The lowest BCUT2D eigenvalue weighted by molar-refractivity contribution is 0.480. The molecule has 1 atom stereocenters. The first-order valence-corrected chi connectivity index (χ1v) is 12.1. The Balaban J connectivity index is 2.41. The van der Waals surface area contributed by atoms with E-state index in [1.165, 1.54) is 22.8 Å². The van der Waals surface area contributed by atoms with Gasteiger partial charge in [-0.15, -0.1) is 0 Å².